The summed E-state index contributed by atoms with van der Waals surface area (Å²) in [5.41, 5.74) is 2.69. The molecule has 21 heavy (non-hydrogen) atoms. The molecular formula is C13H10BrN3O4. The number of aromatic nitrogens is 1. The SMILES string of the molecule is O=C(N/N=C/c1cc(Br)c(O)c(O)c1O)c1cccnc1. The van der Waals surface area contributed by atoms with Crippen molar-refractivity contribution in [1.82, 2.24) is 10.4 Å². The van der Waals surface area contributed by atoms with Gasteiger partial charge in [0.25, 0.3) is 5.91 Å². The van der Waals surface area contributed by atoms with Crippen LogP contribution in [0.1, 0.15) is 15.9 Å². The van der Waals surface area contributed by atoms with Gasteiger partial charge in [-0.05, 0) is 34.1 Å². The van der Waals surface area contributed by atoms with Crippen LogP contribution in [-0.2, 0) is 0 Å². The first-order chi connectivity index (χ1) is 10.0. The van der Waals surface area contributed by atoms with E-state index in [1.54, 1.807) is 12.1 Å². The first kappa shape index (κ1) is 14.8. The summed E-state index contributed by atoms with van der Waals surface area (Å²) in [6.45, 7) is 0. The second-order valence-electron chi connectivity index (χ2n) is 3.93. The Bertz CT molecular complexity index is 704. The van der Waals surface area contributed by atoms with Crippen LogP contribution in [-0.4, -0.2) is 32.4 Å². The van der Waals surface area contributed by atoms with E-state index in [2.05, 4.69) is 31.4 Å². The summed E-state index contributed by atoms with van der Waals surface area (Å²) in [6, 6.07) is 4.52. The number of pyridine rings is 1. The van der Waals surface area contributed by atoms with E-state index in [4.69, 9.17) is 0 Å². The summed E-state index contributed by atoms with van der Waals surface area (Å²) in [5.74, 6) is -2.18. The summed E-state index contributed by atoms with van der Waals surface area (Å²) in [7, 11) is 0. The van der Waals surface area contributed by atoms with Gasteiger partial charge >= 0.3 is 0 Å². The van der Waals surface area contributed by atoms with Gasteiger partial charge in [-0.15, -0.1) is 0 Å². The second-order valence-corrected chi connectivity index (χ2v) is 4.79. The fraction of sp³-hybridized carbons (Fsp3) is 0. The largest absolute Gasteiger partial charge is 0.504 e. The number of amides is 1. The van der Waals surface area contributed by atoms with Crippen LogP contribution < -0.4 is 5.43 Å². The van der Waals surface area contributed by atoms with Gasteiger partial charge in [0, 0.05) is 18.0 Å². The van der Waals surface area contributed by atoms with E-state index in [9.17, 15) is 20.1 Å². The predicted molar refractivity (Wildman–Crippen MR) is 78.4 cm³/mol. The summed E-state index contributed by atoms with van der Waals surface area (Å²) >= 11 is 3.01. The summed E-state index contributed by atoms with van der Waals surface area (Å²) in [5, 5.41) is 32.2. The molecular weight excluding hydrogens is 342 g/mol. The number of carbonyl (C=O) groups is 1. The molecule has 108 valence electrons. The molecule has 0 spiro atoms. The normalized spacial score (nSPS) is 10.7. The van der Waals surface area contributed by atoms with Gasteiger partial charge in [0.1, 0.15) is 0 Å². The molecule has 7 nitrogen and oxygen atoms in total. The van der Waals surface area contributed by atoms with Gasteiger partial charge in [0.15, 0.2) is 11.5 Å². The van der Waals surface area contributed by atoms with Gasteiger partial charge in [0.2, 0.25) is 5.75 Å². The van der Waals surface area contributed by atoms with Crippen LogP contribution >= 0.6 is 15.9 Å². The molecule has 2 rings (SSSR count). The third-order valence-corrected chi connectivity index (χ3v) is 3.13. The van der Waals surface area contributed by atoms with Gasteiger partial charge in [-0.2, -0.15) is 5.10 Å². The number of halogens is 1. The van der Waals surface area contributed by atoms with E-state index in [0.717, 1.165) is 6.21 Å². The van der Waals surface area contributed by atoms with Crippen LogP contribution in [0.4, 0.5) is 0 Å². The third kappa shape index (κ3) is 3.29. The van der Waals surface area contributed by atoms with E-state index in [0.29, 0.717) is 5.56 Å². The Morgan fingerprint density at radius 2 is 2.05 bits per heavy atom. The molecule has 0 aliphatic carbocycles. The Morgan fingerprint density at radius 3 is 2.71 bits per heavy atom. The van der Waals surface area contributed by atoms with Crippen LogP contribution in [0.5, 0.6) is 17.2 Å². The lowest BCUT2D eigenvalue weighted by Gasteiger charge is -2.06. The minimum Gasteiger partial charge on any atom is -0.504 e. The molecule has 0 aliphatic rings. The number of hydrogen-bond acceptors (Lipinski definition) is 6. The van der Waals surface area contributed by atoms with E-state index >= 15 is 0 Å². The number of carbonyl (C=O) groups excluding carboxylic acids is 1. The van der Waals surface area contributed by atoms with Crippen molar-refractivity contribution >= 4 is 28.1 Å². The molecule has 0 bridgehead atoms. The molecule has 0 atom stereocenters. The number of hydrazone groups is 1. The number of rotatable bonds is 3. The Hall–Kier alpha value is -2.61. The van der Waals surface area contributed by atoms with Crippen LogP contribution in [0.2, 0.25) is 0 Å². The molecule has 1 amide bonds. The Kier molecular flexibility index (Phi) is 4.39. The molecule has 1 aromatic carbocycles. The number of nitrogens with zero attached hydrogens (tertiary/aromatic N) is 2. The van der Waals surface area contributed by atoms with Crippen molar-refractivity contribution in [1.29, 1.82) is 0 Å². The molecule has 0 aliphatic heterocycles. The summed E-state index contributed by atoms with van der Waals surface area (Å²) in [4.78, 5) is 15.5. The summed E-state index contributed by atoms with van der Waals surface area (Å²) < 4.78 is 0.179. The zero-order chi connectivity index (χ0) is 15.4. The van der Waals surface area contributed by atoms with E-state index in [-0.39, 0.29) is 10.0 Å². The standard InChI is InChI=1S/C13H10BrN3O4/c14-9-4-8(10(18)12(20)11(9)19)6-16-17-13(21)7-2-1-3-15-5-7/h1-6,18-20H,(H,17,21)/b16-6+. The maximum Gasteiger partial charge on any atom is 0.272 e. The Morgan fingerprint density at radius 1 is 1.29 bits per heavy atom. The minimum atomic E-state index is -0.676. The highest BCUT2D eigenvalue weighted by Gasteiger charge is 2.14. The van der Waals surface area contributed by atoms with Crippen LogP contribution in [0.3, 0.4) is 0 Å². The fourth-order valence-electron chi connectivity index (χ4n) is 1.46. The van der Waals surface area contributed by atoms with Crippen molar-refractivity contribution in [3.63, 3.8) is 0 Å². The van der Waals surface area contributed by atoms with Crippen LogP contribution in [0, 0.1) is 0 Å². The molecule has 0 saturated carbocycles. The lowest BCUT2D eigenvalue weighted by molar-refractivity contribution is 0.0954. The molecule has 4 N–H and O–H groups in total. The quantitative estimate of drug-likeness (QED) is 0.382. The van der Waals surface area contributed by atoms with Crippen molar-refractivity contribution in [2.75, 3.05) is 0 Å². The van der Waals surface area contributed by atoms with E-state index in [1.165, 1.54) is 18.5 Å². The average molecular weight is 352 g/mol. The van der Waals surface area contributed by atoms with Crippen molar-refractivity contribution in [2.24, 2.45) is 5.10 Å². The monoisotopic (exact) mass is 351 g/mol. The number of benzene rings is 1. The topological polar surface area (TPSA) is 115 Å². The van der Waals surface area contributed by atoms with Crippen molar-refractivity contribution in [3.05, 3.63) is 46.2 Å². The highest BCUT2D eigenvalue weighted by molar-refractivity contribution is 9.10. The Balaban J connectivity index is 2.14. The van der Waals surface area contributed by atoms with E-state index < -0.39 is 23.2 Å². The van der Waals surface area contributed by atoms with Crippen LogP contribution in [0.15, 0.2) is 40.2 Å². The number of aromatic hydroxyl groups is 3. The first-order valence-electron chi connectivity index (χ1n) is 5.67. The fourth-order valence-corrected chi connectivity index (χ4v) is 1.89. The van der Waals surface area contributed by atoms with Gasteiger partial charge in [-0.1, -0.05) is 0 Å². The zero-order valence-electron chi connectivity index (χ0n) is 10.5. The number of phenols is 3. The lowest BCUT2D eigenvalue weighted by Crippen LogP contribution is -2.17. The van der Waals surface area contributed by atoms with Gasteiger partial charge in [0.05, 0.1) is 16.3 Å². The highest BCUT2D eigenvalue weighted by atomic mass is 79.9. The summed E-state index contributed by atoms with van der Waals surface area (Å²) in [6.07, 6.45) is 4.05. The van der Waals surface area contributed by atoms with Gasteiger partial charge in [-0.3, -0.25) is 9.78 Å². The molecule has 0 fully saturated rings. The smallest absolute Gasteiger partial charge is 0.272 e. The zero-order valence-corrected chi connectivity index (χ0v) is 12.1. The first-order valence-corrected chi connectivity index (χ1v) is 6.47. The molecule has 2 aromatic rings. The predicted octanol–water partition coefficient (Wildman–Crippen LogP) is 1.72. The number of nitrogens with one attached hydrogen (secondary N) is 1. The van der Waals surface area contributed by atoms with Gasteiger partial charge < -0.3 is 15.3 Å². The maximum atomic E-state index is 11.7. The van der Waals surface area contributed by atoms with Crippen LogP contribution in [0.25, 0.3) is 0 Å². The van der Waals surface area contributed by atoms with Gasteiger partial charge in [-0.25, -0.2) is 5.43 Å². The van der Waals surface area contributed by atoms with Crippen molar-refractivity contribution in [3.8, 4) is 17.2 Å². The van der Waals surface area contributed by atoms with Crippen molar-refractivity contribution in [2.45, 2.75) is 0 Å². The van der Waals surface area contributed by atoms with Crippen molar-refractivity contribution < 1.29 is 20.1 Å². The molecule has 0 radical (unpaired) electrons. The number of hydrogen-bond donors (Lipinski definition) is 4. The molecule has 1 aromatic heterocycles. The maximum absolute atomic E-state index is 11.7. The Labute approximate surface area is 127 Å². The molecule has 1 heterocycles. The molecule has 0 saturated heterocycles. The molecule has 0 unspecified atom stereocenters. The minimum absolute atomic E-state index is 0.115. The molecule has 8 heteroatoms. The van der Waals surface area contributed by atoms with E-state index in [1.807, 2.05) is 0 Å². The average Bonchev–Trinajstić information content (AvgIpc) is 2.51. The third-order valence-electron chi connectivity index (χ3n) is 2.52. The lowest BCUT2D eigenvalue weighted by atomic mass is 10.2. The number of phenolic OH excluding ortho intramolecular Hbond substituents is 3. The highest BCUT2D eigenvalue weighted by Crippen LogP contribution is 2.42. The second kappa shape index (κ2) is 6.23.